The van der Waals surface area contributed by atoms with Gasteiger partial charge in [0, 0.05) is 0 Å². The second-order valence-electron chi connectivity index (χ2n) is 6.06. The first-order valence-corrected chi connectivity index (χ1v) is 8.27. The van der Waals surface area contributed by atoms with Crippen molar-refractivity contribution in [2.75, 3.05) is 7.11 Å². The highest BCUT2D eigenvalue weighted by Crippen LogP contribution is 2.44. The lowest BCUT2D eigenvalue weighted by Gasteiger charge is -2.33. The van der Waals surface area contributed by atoms with Gasteiger partial charge >= 0.3 is 0 Å². The van der Waals surface area contributed by atoms with E-state index >= 15 is 0 Å². The summed E-state index contributed by atoms with van der Waals surface area (Å²) in [4.78, 5) is 13.3. The van der Waals surface area contributed by atoms with Crippen LogP contribution in [0.4, 0.5) is 0 Å². The van der Waals surface area contributed by atoms with Crippen LogP contribution in [-0.2, 0) is 0 Å². The number of hydrogen-bond donors (Lipinski definition) is 0. The van der Waals surface area contributed by atoms with E-state index in [2.05, 4.69) is 0 Å². The number of ether oxygens (including phenoxy) is 2. The summed E-state index contributed by atoms with van der Waals surface area (Å²) < 4.78 is 11.6. The largest absolute Gasteiger partial charge is 0.497 e. The van der Waals surface area contributed by atoms with Crippen molar-refractivity contribution < 1.29 is 14.3 Å². The first-order valence-electron chi connectivity index (χ1n) is 8.27. The molecule has 0 unspecified atom stereocenters. The van der Waals surface area contributed by atoms with Crippen molar-refractivity contribution in [3.05, 3.63) is 95.6 Å². The molecule has 3 aromatic rings. The van der Waals surface area contributed by atoms with E-state index in [4.69, 9.17) is 9.47 Å². The summed E-state index contributed by atoms with van der Waals surface area (Å²) in [5.74, 6) is 0.927. The van der Waals surface area contributed by atoms with Gasteiger partial charge in [-0.15, -0.1) is 0 Å². The number of Topliss-reactive ketones (excluding diaryl/α,β-unsaturated/α-hetero) is 1. The molecule has 1 aliphatic heterocycles. The average molecular weight is 330 g/mol. The van der Waals surface area contributed by atoms with Gasteiger partial charge in [-0.1, -0.05) is 60.7 Å². The average Bonchev–Trinajstić information content (AvgIpc) is 2.69. The maximum atomic E-state index is 13.3. The Bertz CT molecular complexity index is 888. The minimum atomic E-state index is -0.386. The minimum Gasteiger partial charge on any atom is -0.497 e. The molecule has 0 N–H and O–H groups in total. The molecular weight excluding hydrogens is 312 g/mol. The fourth-order valence-electron chi connectivity index (χ4n) is 3.33. The van der Waals surface area contributed by atoms with Gasteiger partial charge in [-0.2, -0.15) is 0 Å². The van der Waals surface area contributed by atoms with E-state index in [1.807, 2.05) is 72.8 Å². The second-order valence-corrected chi connectivity index (χ2v) is 6.06. The third kappa shape index (κ3) is 2.78. The van der Waals surface area contributed by atoms with Gasteiger partial charge in [0.2, 0.25) is 0 Å². The van der Waals surface area contributed by atoms with Gasteiger partial charge in [0.05, 0.1) is 18.6 Å². The number of ketones is 1. The van der Waals surface area contributed by atoms with Crippen LogP contribution in [0.25, 0.3) is 0 Å². The number of fused-ring (bicyclic) bond motifs is 1. The molecule has 0 amide bonds. The Morgan fingerprint density at radius 3 is 2.12 bits per heavy atom. The topological polar surface area (TPSA) is 35.5 Å². The van der Waals surface area contributed by atoms with E-state index in [0.29, 0.717) is 17.1 Å². The van der Waals surface area contributed by atoms with Crippen molar-refractivity contribution in [2.45, 2.75) is 12.0 Å². The number of benzene rings is 3. The summed E-state index contributed by atoms with van der Waals surface area (Å²) in [6.07, 6.45) is -0.350. The molecule has 0 saturated carbocycles. The highest BCUT2D eigenvalue weighted by Gasteiger charge is 2.39. The fraction of sp³-hybridized carbons (Fsp3) is 0.136. The van der Waals surface area contributed by atoms with Crippen LogP contribution >= 0.6 is 0 Å². The number of carbonyl (C=O) groups is 1. The summed E-state index contributed by atoms with van der Waals surface area (Å²) in [7, 11) is 1.59. The molecule has 0 bridgehead atoms. The van der Waals surface area contributed by atoms with Crippen LogP contribution in [0.3, 0.4) is 0 Å². The lowest BCUT2D eigenvalue weighted by atomic mass is 9.81. The zero-order valence-electron chi connectivity index (χ0n) is 13.9. The molecule has 0 aromatic heterocycles. The molecular formula is C22H18O3. The monoisotopic (exact) mass is 330 g/mol. The van der Waals surface area contributed by atoms with Crippen molar-refractivity contribution >= 4 is 5.78 Å². The maximum Gasteiger partial charge on any atom is 0.178 e. The fourth-order valence-corrected chi connectivity index (χ4v) is 3.33. The molecule has 1 aliphatic rings. The normalized spacial score (nSPS) is 19.0. The Morgan fingerprint density at radius 2 is 1.48 bits per heavy atom. The standard InChI is InChI=1S/C22H18O3/c1-24-17-12-13-19-18(14-17)21(23)20(15-8-4-2-5-9-15)22(25-19)16-10-6-3-7-11-16/h2-14,20,22H,1H3/t20-,22+/m0/s1. The molecule has 0 saturated heterocycles. The van der Waals surface area contributed by atoms with Gasteiger partial charge in [-0.05, 0) is 29.3 Å². The van der Waals surface area contributed by atoms with Crippen LogP contribution in [0.2, 0.25) is 0 Å². The van der Waals surface area contributed by atoms with Gasteiger partial charge in [-0.3, -0.25) is 4.79 Å². The summed E-state index contributed by atoms with van der Waals surface area (Å²) in [5.41, 5.74) is 2.52. The molecule has 0 spiro atoms. The molecule has 0 fully saturated rings. The van der Waals surface area contributed by atoms with E-state index in [-0.39, 0.29) is 17.8 Å². The van der Waals surface area contributed by atoms with Crippen molar-refractivity contribution in [3.8, 4) is 11.5 Å². The Kier molecular flexibility index (Phi) is 3.98. The van der Waals surface area contributed by atoms with Gasteiger partial charge in [-0.25, -0.2) is 0 Å². The Morgan fingerprint density at radius 1 is 0.840 bits per heavy atom. The molecule has 4 rings (SSSR count). The maximum absolute atomic E-state index is 13.3. The number of methoxy groups -OCH3 is 1. The summed E-state index contributed by atoms with van der Waals surface area (Å²) >= 11 is 0. The second kappa shape index (κ2) is 6.44. The van der Waals surface area contributed by atoms with E-state index in [9.17, 15) is 4.79 Å². The predicted molar refractivity (Wildman–Crippen MR) is 96.3 cm³/mol. The Balaban J connectivity index is 1.86. The Hall–Kier alpha value is -3.07. The van der Waals surface area contributed by atoms with E-state index < -0.39 is 0 Å². The van der Waals surface area contributed by atoms with Crippen LogP contribution in [0.1, 0.15) is 33.5 Å². The van der Waals surface area contributed by atoms with E-state index in [1.54, 1.807) is 13.2 Å². The first-order chi connectivity index (χ1) is 12.3. The smallest absolute Gasteiger partial charge is 0.178 e. The third-order valence-corrected chi connectivity index (χ3v) is 4.58. The molecule has 0 radical (unpaired) electrons. The number of carbonyl (C=O) groups excluding carboxylic acids is 1. The Labute approximate surface area is 146 Å². The van der Waals surface area contributed by atoms with Crippen molar-refractivity contribution in [3.63, 3.8) is 0 Å². The van der Waals surface area contributed by atoms with Crippen LogP contribution in [0, 0.1) is 0 Å². The SMILES string of the molecule is COc1ccc2c(c1)C(=O)[C@H](c1ccccc1)[C@@H](c1ccccc1)O2. The highest BCUT2D eigenvalue weighted by atomic mass is 16.5. The molecule has 25 heavy (non-hydrogen) atoms. The summed E-state index contributed by atoms with van der Waals surface area (Å²) in [6.45, 7) is 0. The summed E-state index contributed by atoms with van der Waals surface area (Å²) in [5, 5.41) is 0. The van der Waals surface area contributed by atoms with E-state index in [1.165, 1.54) is 0 Å². The zero-order chi connectivity index (χ0) is 17.2. The molecule has 1 heterocycles. The molecule has 3 aromatic carbocycles. The highest BCUT2D eigenvalue weighted by molar-refractivity contribution is 6.05. The lowest BCUT2D eigenvalue weighted by Crippen LogP contribution is -2.30. The van der Waals surface area contributed by atoms with Crippen molar-refractivity contribution in [1.29, 1.82) is 0 Å². The summed E-state index contributed by atoms with van der Waals surface area (Å²) in [6, 6.07) is 25.1. The van der Waals surface area contributed by atoms with Gasteiger partial charge in [0.15, 0.2) is 5.78 Å². The molecule has 3 nitrogen and oxygen atoms in total. The molecule has 3 heteroatoms. The lowest BCUT2D eigenvalue weighted by molar-refractivity contribution is 0.0781. The van der Waals surface area contributed by atoms with E-state index in [0.717, 1.165) is 11.1 Å². The van der Waals surface area contributed by atoms with Gasteiger partial charge < -0.3 is 9.47 Å². The van der Waals surface area contributed by atoms with Crippen LogP contribution < -0.4 is 9.47 Å². The minimum absolute atomic E-state index is 0.0557. The van der Waals surface area contributed by atoms with Crippen molar-refractivity contribution in [1.82, 2.24) is 0 Å². The first kappa shape index (κ1) is 15.5. The number of rotatable bonds is 3. The van der Waals surface area contributed by atoms with Crippen LogP contribution in [0.15, 0.2) is 78.9 Å². The molecule has 124 valence electrons. The predicted octanol–water partition coefficient (Wildman–Crippen LogP) is 4.80. The van der Waals surface area contributed by atoms with Crippen LogP contribution in [-0.4, -0.2) is 12.9 Å². The zero-order valence-corrected chi connectivity index (χ0v) is 13.9. The van der Waals surface area contributed by atoms with Gasteiger partial charge in [0.1, 0.15) is 17.6 Å². The molecule has 0 aliphatic carbocycles. The van der Waals surface area contributed by atoms with Gasteiger partial charge in [0.25, 0.3) is 0 Å². The van der Waals surface area contributed by atoms with Crippen molar-refractivity contribution in [2.24, 2.45) is 0 Å². The third-order valence-electron chi connectivity index (χ3n) is 4.58. The molecule has 2 atom stereocenters. The number of hydrogen-bond acceptors (Lipinski definition) is 3. The quantitative estimate of drug-likeness (QED) is 0.692. The van der Waals surface area contributed by atoms with Crippen LogP contribution in [0.5, 0.6) is 11.5 Å².